The minimum atomic E-state index is -4.72. The third kappa shape index (κ3) is 49.2. The summed E-state index contributed by atoms with van der Waals surface area (Å²) in [4.78, 5) is 39.7. The summed E-state index contributed by atoms with van der Waals surface area (Å²) in [5.74, 6) is -0.677. The highest BCUT2D eigenvalue weighted by Gasteiger charge is 2.27. The molecule has 9 nitrogen and oxygen atoms in total. The Morgan fingerprint density at radius 1 is 0.536 bits per heavy atom. The number of carbonyl (C=O) groups is 2. The van der Waals surface area contributed by atoms with Crippen molar-refractivity contribution in [2.75, 3.05) is 40.9 Å². The zero-order chi connectivity index (χ0) is 50.8. The minimum absolute atomic E-state index is 0.0463. The van der Waals surface area contributed by atoms with Crippen LogP contribution in [0, 0.1) is 0 Å². The molecule has 1 N–H and O–H groups in total. The maximum absolute atomic E-state index is 13.4. The van der Waals surface area contributed by atoms with Gasteiger partial charge in [-0.1, -0.05) is 207 Å². The Morgan fingerprint density at radius 3 is 1.55 bits per heavy atom. The number of quaternary nitrogens is 1. The van der Waals surface area contributed by atoms with Crippen LogP contribution >= 0.6 is 7.82 Å². The molecule has 0 aromatic heterocycles. The van der Waals surface area contributed by atoms with E-state index in [0.29, 0.717) is 23.9 Å². The van der Waals surface area contributed by atoms with Gasteiger partial charge in [0, 0.05) is 12.8 Å². The summed E-state index contributed by atoms with van der Waals surface area (Å²) in [7, 11) is 1.10. The molecule has 0 spiro atoms. The second kappa shape index (κ2) is 48.1. The Hall–Kier alpha value is -3.59. The summed E-state index contributed by atoms with van der Waals surface area (Å²) < 4.78 is 30.1. The van der Waals surface area contributed by atoms with Crippen LogP contribution in [0.5, 0.6) is 0 Å². The van der Waals surface area contributed by atoms with Gasteiger partial charge in [0.25, 0.3) is 7.82 Å². The lowest BCUT2D eigenvalue weighted by molar-refractivity contribution is -0.870. The Bertz CT molecular complexity index is 1600. The van der Waals surface area contributed by atoms with Gasteiger partial charge in [-0.3, -0.25) is 14.2 Å². The molecule has 0 saturated carbocycles. The average Bonchev–Trinajstić information content (AvgIpc) is 3.31. The first kappa shape index (κ1) is 65.4. The van der Waals surface area contributed by atoms with E-state index in [9.17, 15) is 19.0 Å². The monoisotopic (exact) mass is 979 g/mol. The number of carbonyl (C=O) groups excluding carboxylic acids is 2. The van der Waals surface area contributed by atoms with Crippen LogP contribution in [0.4, 0.5) is 0 Å². The van der Waals surface area contributed by atoms with Gasteiger partial charge in [0.1, 0.15) is 19.3 Å². The molecule has 1 amide bonds. The third-order valence-electron chi connectivity index (χ3n) is 11.0. The lowest BCUT2D eigenvalue weighted by Crippen LogP contribution is -2.47. The van der Waals surface area contributed by atoms with Crippen LogP contribution in [0.15, 0.2) is 122 Å². The number of nitrogens with one attached hydrogen (secondary N) is 1. The number of ether oxygens (including phenoxy) is 1. The van der Waals surface area contributed by atoms with E-state index >= 15 is 0 Å². The fraction of sp³-hybridized carbons (Fsp3) is 0.627. The van der Waals surface area contributed by atoms with Crippen molar-refractivity contribution in [3.8, 4) is 0 Å². The van der Waals surface area contributed by atoms with Crippen LogP contribution < -0.4 is 10.2 Å². The van der Waals surface area contributed by atoms with Gasteiger partial charge >= 0.3 is 5.97 Å². The Labute approximate surface area is 423 Å². The molecule has 3 unspecified atom stereocenters. The maximum atomic E-state index is 13.4. The van der Waals surface area contributed by atoms with Crippen molar-refractivity contribution in [1.29, 1.82) is 0 Å². The molecule has 0 aliphatic carbocycles. The Kier molecular flexibility index (Phi) is 45.6. The van der Waals surface area contributed by atoms with E-state index in [1.807, 2.05) is 51.5 Å². The van der Waals surface area contributed by atoms with E-state index in [-0.39, 0.29) is 31.3 Å². The van der Waals surface area contributed by atoms with Gasteiger partial charge in [-0.05, 0) is 89.5 Å². The number of unbranched alkanes of at least 4 members (excludes halogenated alkanes) is 14. The van der Waals surface area contributed by atoms with Crippen molar-refractivity contribution in [2.24, 2.45) is 0 Å². The first-order valence-corrected chi connectivity index (χ1v) is 28.3. The highest BCUT2D eigenvalue weighted by Crippen LogP contribution is 2.38. The van der Waals surface area contributed by atoms with Gasteiger partial charge in [0.15, 0.2) is 0 Å². The predicted molar refractivity (Wildman–Crippen MR) is 293 cm³/mol. The molecule has 0 aromatic carbocycles. The molecule has 0 radical (unpaired) electrons. The smallest absolute Gasteiger partial charge is 0.306 e. The van der Waals surface area contributed by atoms with Crippen molar-refractivity contribution in [2.45, 2.75) is 200 Å². The van der Waals surface area contributed by atoms with E-state index in [0.717, 1.165) is 96.3 Å². The summed E-state index contributed by atoms with van der Waals surface area (Å²) in [5, 5.41) is 2.95. The standard InChI is InChI=1S/C59H99N2O7P/c1-7-10-13-16-19-22-25-27-28-29-30-31-32-34-36-39-42-45-48-51-58(62)60-56(55-67-69(64,65)66-54-53-61(4,5)6)57(50-47-44-41-38-35-24-21-18-15-12-9-3)68-59(63)52-49-46-43-40-37-33-26-23-20-17-14-11-8-2/h10-11,13-14,17,19-20,22-23,26-28,30-31,34,36,42,45,47,50,56-57H,7-9,12,15-16,18,21,24-25,29,32-33,35,37-41,43-44,46,48-49,51-55H2,1-6H3,(H-,60,62,64,65)/b13-10-,14-11+,20-17+,22-19-,26-23-,28-27-,31-30-,36-34-,45-42-,50-47-. The first-order valence-electron chi connectivity index (χ1n) is 26.9. The highest BCUT2D eigenvalue weighted by atomic mass is 31.2. The summed E-state index contributed by atoms with van der Waals surface area (Å²) in [6.45, 7) is 6.47. The van der Waals surface area contributed by atoms with Crippen molar-refractivity contribution in [1.82, 2.24) is 5.32 Å². The van der Waals surface area contributed by atoms with Crippen LogP contribution in [-0.2, 0) is 27.9 Å². The van der Waals surface area contributed by atoms with Crippen molar-refractivity contribution < 1.29 is 37.3 Å². The number of likely N-dealkylation sites (N-methyl/N-ethyl adjacent to an activating group) is 1. The fourth-order valence-electron chi connectivity index (χ4n) is 6.84. The zero-order valence-electron chi connectivity index (χ0n) is 44.5. The Morgan fingerprint density at radius 2 is 1.01 bits per heavy atom. The topological polar surface area (TPSA) is 114 Å². The normalized spacial score (nSPS) is 14.8. The first-order chi connectivity index (χ1) is 33.4. The van der Waals surface area contributed by atoms with Gasteiger partial charge in [0.05, 0.1) is 33.8 Å². The molecule has 10 heteroatoms. The second-order valence-electron chi connectivity index (χ2n) is 18.7. The molecular formula is C59H99N2O7P. The van der Waals surface area contributed by atoms with Crippen molar-refractivity contribution >= 4 is 19.7 Å². The summed E-state index contributed by atoms with van der Waals surface area (Å²) >= 11 is 0. The van der Waals surface area contributed by atoms with Crippen molar-refractivity contribution in [3.63, 3.8) is 0 Å². The molecule has 69 heavy (non-hydrogen) atoms. The van der Waals surface area contributed by atoms with Crippen LogP contribution in [0.25, 0.3) is 0 Å². The minimum Gasteiger partial charge on any atom is -0.756 e. The van der Waals surface area contributed by atoms with Crippen LogP contribution in [-0.4, -0.2) is 69.4 Å². The lowest BCUT2D eigenvalue weighted by atomic mass is 10.1. The van der Waals surface area contributed by atoms with Crippen LogP contribution in [0.1, 0.15) is 188 Å². The quantitative estimate of drug-likeness (QED) is 0.0161. The lowest BCUT2D eigenvalue weighted by Gasteiger charge is -2.30. The number of amides is 1. The SMILES string of the molecule is CC/C=C\C/C=C\C/C=C\C/C=C\C/C=C\C/C=C\CCC(=O)NC(COP(=O)([O-])OCC[N+](C)(C)C)C(/C=C\CCCCCCCCCCC)OC(=O)CCCCCCC\C=C/C=C/C=C/CC. The van der Waals surface area contributed by atoms with Crippen molar-refractivity contribution in [3.05, 3.63) is 122 Å². The van der Waals surface area contributed by atoms with Crippen LogP contribution in [0.2, 0.25) is 0 Å². The van der Waals surface area contributed by atoms with E-state index < -0.39 is 26.6 Å². The molecule has 0 aromatic rings. The van der Waals surface area contributed by atoms with E-state index in [2.05, 4.69) is 111 Å². The number of allylic oxidation sites excluding steroid dienone is 19. The van der Waals surface area contributed by atoms with E-state index in [4.69, 9.17) is 13.8 Å². The largest absolute Gasteiger partial charge is 0.756 e. The Balaban J connectivity index is 5.52. The average molecular weight is 979 g/mol. The highest BCUT2D eigenvalue weighted by molar-refractivity contribution is 7.45. The number of rotatable bonds is 46. The third-order valence-corrected chi connectivity index (χ3v) is 11.9. The molecule has 0 heterocycles. The molecule has 3 atom stereocenters. The zero-order valence-corrected chi connectivity index (χ0v) is 45.4. The van der Waals surface area contributed by atoms with Crippen LogP contribution in [0.3, 0.4) is 0 Å². The number of phosphoric acid groups is 1. The molecule has 0 saturated heterocycles. The fourth-order valence-corrected chi connectivity index (χ4v) is 7.56. The van der Waals surface area contributed by atoms with Gasteiger partial charge in [-0.25, -0.2) is 0 Å². The number of nitrogens with zero attached hydrogens (tertiary/aromatic N) is 1. The van der Waals surface area contributed by atoms with E-state index in [1.165, 1.54) is 44.9 Å². The van der Waals surface area contributed by atoms with E-state index in [1.54, 1.807) is 6.08 Å². The molecule has 0 rings (SSSR count). The molecule has 0 aliphatic heterocycles. The molecule has 0 fully saturated rings. The van der Waals surface area contributed by atoms with Gasteiger partial charge in [-0.15, -0.1) is 0 Å². The summed E-state index contributed by atoms with van der Waals surface area (Å²) in [5.41, 5.74) is 0. The number of phosphoric ester groups is 1. The van der Waals surface area contributed by atoms with Gasteiger partial charge in [0.2, 0.25) is 5.91 Å². The second-order valence-corrected chi connectivity index (χ2v) is 20.1. The predicted octanol–water partition coefficient (Wildman–Crippen LogP) is 15.4. The van der Waals surface area contributed by atoms with Gasteiger partial charge in [-0.2, -0.15) is 0 Å². The summed E-state index contributed by atoms with van der Waals surface area (Å²) in [6.07, 6.45) is 66.2. The summed E-state index contributed by atoms with van der Waals surface area (Å²) in [6, 6.07) is -0.944. The van der Waals surface area contributed by atoms with Gasteiger partial charge < -0.3 is 28.5 Å². The number of esters is 1. The molecule has 392 valence electrons. The number of hydrogen-bond donors (Lipinski definition) is 1. The number of hydrogen-bond acceptors (Lipinski definition) is 7. The molecule has 0 aliphatic rings. The molecular weight excluding hydrogens is 880 g/mol. The molecule has 0 bridgehead atoms. The maximum Gasteiger partial charge on any atom is 0.306 e.